The van der Waals surface area contributed by atoms with Gasteiger partial charge < -0.3 is 19.6 Å². The normalized spacial score (nSPS) is 25.2. The molecule has 0 bridgehead atoms. The molecule has 2 unspecified atom stereocenters. The molecule has 8 nitrogen and oxygen atoms in total. The molecule has 1 amide bonds. The molecule has 2 N–H and O–H groups in total. The minimum atomic E-state index is -1.64. The van der Waals surface area contributed by atoms with Gasteiger partial charge in [0.1, 0.15) is 6.54 Å². The van der Waals surface area contributed by atoms with Gasteiger partial charge in [0, 0.05) is 18.5 Å². The molecular formula is C25H33N4O4+. The fourth-order valence-corrected chi connectivity index (χ4v) is 5.24. The third-order valence-electron chi connectivity index (χ3n) is 7.00. The Labute approximate surface area is 194 Å². The molecule has 0 spiro atoms. The second kappa shape index (κ2) is 9.97. The number of aliphatic hydroxyl groups is 1. The SMILES string of the molecule is C[N+]1(CC(=O)Nc2cccnn2)CC[C@@H](OC(=O)C(O)(c2ccccc2)C2CCCCC2)C1. The quantitative estimate of drug-likeness (QED) is 0.494. The first-order valence-corrected chi connectivity index (χ1v) is 11.8. The van der Waals surface area contributed by atoms with E-state index in [4.69, 9.17) is 4.74 Å². The van der Waals surface area contributed by atoms with E-state index in [-0.39, 0.29) is 24.5 Å². The summed E-state index contributed by atoms with van der Waals surface area (Å²) in [4.78, 5) is 25.9. The summed E-state index contributed by atoms with van der Waals surface area (Å²) in [5.74, 6) is -0.464. The molecule has 2 heterocycles. The highest BCUT2D eigenvalue weighted by Crippen LogP contribution is 2.41. The number of nitrogens with one attached hydrogen (secondary N) is 1. The Morgan fingerprint density at radius 2 is 1.88 bits per heavy atom. The maximum absolute atomic E-state index is 13.4. The topological polar surface area (TPSA) is 101 Å². The monoisotopic (exact) mass is 453 g/mol. The summed E-state index contributed by atoms with van der Waals surface area (Å²) in [6.07, 6.45) is 6.61. The van der Waals surface area contributed by atoms with Crippen molar-refractivity contribution in [2.45, 2.75) is 50.2 Å². The van der Waals surface area contributed by atoms with Crippen LogP contribution in [0, 0.1) is 5.92 Å². The Bertz CT molecular complexity index is 951. The minimum Gasteiger partial charge on any atom is -0.454 e. The number of esters is 1. The second-order valence-corrected chi connectivity index (χ2v) is 9.62. The number of amides is 1. The van der Waals surface area contributed by atoms with Crippen molar-refractivity contribution in [2.24, 2.45) is 5.92 Å². The van der Waals surface area contributed by atoms with Gasteiger partial charge in [0.25, 0.3) is 5.91 Å². The van der Waals surface area contributed by atoms with Gasteiger partial charge in [-0.3, -0.25) is 4.79 Å². The summed E-state index contributed by atoms with van der Waals surface area (Å²) >= 11 is 0. The number of anilines is 1. The molecule has 1 aromatic heterocycles. The number of likely N-dealkylation sites (N-methyl/N-ethyl adjacent to an activating group) is 1. The van der Waals surface area contributed by atoms with Crippen LogP contribution in [-0.2, 0) is 19.9 Å². The average molecular weight is 454 g/mol. The van der Waals surface area contributed by atoms with Gasteiger partial charge in [0.2, 0.25) is 0 Å². The molecule has 2 aliphatic rings. The summed E-state index contributed by atoms with van der Waals surface area (Å²) in [6.45, 7) is 1.48. The highest BCUT2D eigenvalue weighted by Gasteiger charge is 2.49. The van der Waals surface area contributed by atoms with Crippen LogP contribution in [0.15, 0.2) is 48.7 Å². The van der Waals surface area contributed by atoms with E-state index < -0.39 is 11.6 Å². The number of carbonyl (C=O) groups is 2. The molecule has 1 aromatic carbocycles. The van der Waals surface area contributed by atoms with E-state index in [2.05, 4.69) is 15.5 Å². The van der Waals surface area contributed by atoms with Gasteiger partial charge in [-0.05, 0) is 30.5 Å². The van der Waals surface area contributed by atoms with E-state index in [0.29, 0.717) is 35.4 Å². The Morgan fingerprint density at radius 3 is 2.58 bits per heavy atom. The summed E-state index contributed by atoms with van der Waals surface area (Å²) < 4.78 is 6.38. The molecule has 0 radical (unpaired) electrons. The van der Waals surface area contributed by atoms with Crippen molar-refractivity contribution >= 4 is 17.7 Å². The summed E-state index contributed by atoms with van der Waals surface area (Å²) in [5.41, 5.74) is -1.04. The van der Waals surface area contributed by atoms with Crippen LogP contribution in [0.4, 0.5) is 5.82 Å². The van der Waals surface area contributed by atoms with Crippen molar-refractivity contribution in [3.63, 3.8) is 0 Å². The van der Waals surface area contributed by atoms with Crippen molar-refractivity contribution in [1.29, 1.82) is 0 Å². The number of hydrogen-bond donors (Lipinski definition) is 2. The van der Waals surface area contributed by atoms with Gasteiger partial charge >= 0.3 is 5.97 Å². The fourth-order valence-electron chi connectivity index (χ4n) is 5.24. The van der Waals surface area contributed by atoms with E-state index in [0.717, 1.165) is 32.1 Å². The highest BCUT2D eigenvalue weighted by atomic mass is 16.6. The van der Waals surface area contributed by atoms with E-state index >= 15 is 0 Å². The predicted octanol–water partition coefficient (Wildman–Crippen LogP) is 2.65. The number of quaternary nitrogens is 1. The lowest BCUT2D eigenvalue weighted by Gasteiger charge is -2.37. The third-order valence-corrected chi connectivity index (χ3v) is 7.00. The largest absolute Gasteiger partial charge is 0.454 e. The van der Waals surface area contributed by atoms with Crippen LogP contribution in [0.3, 0.4) is 0 Å². The number of ether oxygens (including phenoxy) is 1. The molecule has 8 heteroatoms. The van der Waals surface area contributed by atoms with E-state index in [9.17, 15) is 14.7 Å². The minimum absolute atomic E-state index is 0.152. The standard InChI is InChI=1S/C25H32N4O4/c1-29(18-23(30)27-22-13-8-15-26-28-22)16-14-21(17-29)33-24(31)25(32,19-9-4-2-5-10-19)20-11-6-3-7-12-20/h2,4-5,8-10,13,15,20-21,32H,3,6-7,11-12,14,16-18H2,1H3/p+1/t21-,25?,29?/m1/s1. The van der Waals surface area contributed by atoms with Crippen molar-refractivity contribution in [2.75, 3.05) is 32.0 Å². The molecule has 33 heavy (non-hydrogen) atoms. The average Bonchev–Trinajstić information content (AvgIpc) is 3.19. The van der Waals surface area contributed by atoms with Gasteiger partial charge in [-0.1, -0.05) is 49.6 Å². The Morgan fingerprint density at radius 1 is 1.12 bits per heavy atom. The van der Waals surface area contributed by atoms with Crippen LogP contribution >= 0.6 is 0 Å². The molecule has 1 aliphatic carbocycles. The zero-order valence-corrected chi connectivity index (χ0v) is 19.2. The lowest BCUT2D eigenvalue weighted by atomic mass is 9.73. The number of aromatic nitrogens is 2. The summed E-state index contributed by atoms with van der Waals surface area (Å²) in [6, 6.07) is 12.6. The molecule has 2 aromatic rings. The molecule has 1 saturated carbocycles. The molecule has 1 saturated heterocycles. The van der Waals surface area contributed by atoms with Gasteiger partial charge in [-0.15, -0.1) is 5.10 Å². The number of hydrogen-bond acceptors (Lipinski definition) is 6. The van der Waals surface area contributed by atoms with Crippen LogP contribution in [0.5, 0.6) is 0 Å². The van der Waals surface area contributed by atoms with Crippen LogP contribution in [0.2, 0.25) is 0 Å². The van der Waals surface area contributed by atoms with Crippen LogP contribution < -0.4 is 5.32 Å². The van der Waals surface area contributed by atoms with Crippen molar-refractivity contribution in [3.8, 4) is 0 Å². The van der Waals surface area contributed by atoms with Crippen molar-refractivity contribution in [3.05, 3.63) is 54.2 Å². The summed E-state index contributed by atoms with van der Waals surface area (Å²) in [5, 5.41) is 22.1. The zero-order valence-electron chi connectivity index (χ0n) is 19.2. The molecule has 176 valence electrons. The van der Waals surface area contributed by atoms with Crippen molar-refractivity contribution < 1.29 is 23.9 Å². The van der Waals surface area contributed by atoms with Gasteiger partial charge in [-0.2, -0.15) is 5.10 Å². The van der Waals surface area contributed by atoms with Crippen LogP contribution in [0.1, 0.15) is 44.1 Å². The molecule has 3 atom stereocenters. The fraction of sp³-hybridized carbons (Fsp3) is 0.520. The number of benzene rings is 1. The number of rotatable bonds is 7. The Hall–Kier alpha value is -2.84. The molecular weight excluding hydrogens is 420 g/mol. The zero-order chi connectivity index (χ0) is 23.3. The maximum atomic E-state index is 13.4. The third kappa shape index (κ3) is 5.39. The first kappa shape index (κ1) is 23.3. The predicted molar refractivity (Wildman–Crippen MR) is 123 cm³/mol. The van der Waals surface area contributed by atoms with E-state index in [1.54, 1.807) is 18.3 Å². The smallest absolute Gasteiger partial charge is 0.343 e. The molecule has 2 fully saturated rings. The van der Waals surface area contributed by atoms with Gasteiger partial charge in [-0.25, -0.2) is 4.79 Å². The highest BCUT2D eigenvalue weighted by molar-refractivity contribution is 5.90. The van der Waals surface area contributed by atoms with Gasteiger partial charge in [0.05, 0.1) is 13.6 Å². The lowest BCUT2D eigenvalue weighted by molar-refractivity contribution is -0.890. The van der Waals surface area contributed by atoms with E-state index in [1.165, 1.54) is 0 Å². The number of likely N-dealkylation sites (tertiary alicyclic amines) is 1. The van der Waals surface area contributed by atoms with E-state index in [1.807, 2.05) is 37.4 Å². The van der Waals surface area contributed by atoms with Crippen LogP contribution in [-0.4, -0.2) is 64.4 Å². The second-order valence-electron chi connectivity index (χ2n) is 9.62. The first-order valence-electron chi connectivity index (χ1n) is 11.8. The summed E-state index contributed by atoms with van der Waals surface area (Å²) in [7, 11) is 1.98. The van der Waals surface area contributed by atoms with Gasteiger partial charge in [0.15, 0.2) is 24.1 Å². The number of nitrogens with zero attached hydrogens (tertiary/aromatic N) is 3. The first-order chi connectivity index (χ1) is 15.9. The molecule has 4 rings (SSSR count). The van der Waals surface area contributed by atoms with Crippen LogP contribution in [0.25, 0.3) is 0 Å². The van der Waals surface area contributed by atoms with Crippen molar-refractivity contribution in [1.82, 2.24) is 10.2 Å². The number of carbonyl (C=O) groups excluding carboxylic acids is 2. The molecule has 1 aliphatic heterocycles. The Kier molecular flexibility index (Phi) is 7.05. The maximum Gasteiger partial charge on any atom is 0.343 e. The lowest BCUT2D eigenvalue weighted by Crippen LogP contribution is -2.49. The Balaban J connectivity index is 1.41.